The van der Waals surface area contributed by atoms with E-state index >= 15 is 0 Å². The Kier molecular flexibility index (Phi) is 5.17. The minimum absolute atomic E-state index is 0.280. The predicted octanol–water partition coefficient (Wildman–Crippen LogP) is 5.18. The summed E-state index contributed by atoms with van der Waals surface area (Å²) in [6.07, 6.45) is 4.01. The van der Waals surface area contributed by atoms with Crippen molar-refractivity contribution in [2.45, 2.75) is 38.1 Å². The highest BCUT2D eigenvalue weighted by Crippen LogP contribution is 2.49. The molecule has 1 spiro atoms. The molecule has 0 saturated carbocycles. The van der Waals surface area contributed by atoms with Gasteiger partial charge in [-0.3, -0.25) is 9.59 Å². The van der Waals surface area contributed by atoms with Gasteiger partial charge in [-0.05, 0) is 55.2 Å². The molecule has 2 fully saturated rings. The van der Waals surface area contributed by atoms with E-state index in [4.69, 9.17) is 0 Å². The van der Waals surface area contributed by atoms with Crippen molar-refractivity contribution in [1.29, 1.82) is 0 Å². The molecule has 0 unspecified atom stereocenters. The Morgan fingerprint density at radius 3 is 1.86 bits per heavy atom. The number of hydrogen-bond donors (Lipinski definition) is 0. The highest BCUT2D eigenvalue weighted by atomic mass is 16.2. The molecule has 3 heterocycles. The predicted molar refractivity (Wildman–Crippen MR) is 135 cm³/mol. The van der Waals surface area contributed by atoms with Crippen molar-refractivity contribution in [2.75, 3.05) is 21.2 Å². The Hall–Kier alpha value is -3.93. The summed E-state index contributed by atoms with van der Waals surface area (Å²) in [4.78, 5) is 47.6. The van der Waals surface area contributed by atoms with Crippen LogP contribution in [0.3, 0.4) is 0 Å². The number of barbiturate groups is 1. The molecule has 176 valence electrons. The molecule has 3 aromatic rings. The van der Waals surface area contributed by atoms with E-state index in [1.54, 1.807) is 48.5 Å². The van der Waals surface area contributed by atoms with Crippen LogP contribution in [-0.4, -0.2) is 30.4 Å². The third-order valence-electron chi connectivity index (χ3n) is 7.67. The number of hydrogen-bond acceptors (Lipinski definition) is 4. The smallest absolute Gasteiger partial charge is 0.342 e. The Morgan fingerprint density at radius 2 is 1.23 bits per heavy atom. The number of imide groups is 2. The lowest BCUT2D eigenvalue weighted by Crippen LogP contribution is -2.73. The molecule has 1 atom stereocenters. The molecule has 0 radical (unpaired) electrons. The first-order valence-corrected chi connectivity index (χ1v) is 12.3. The first-order chi connectivity index (χ1) is 17.1. The normalized spacial score (nSPS) is 21.5. The molecule has 3 aliphatic rings. The average molecular weight is 466 g/mol. The molecule has 0 bridgehead atoms. The van der Waals surface area contributed by atoms with Crippen molar-refractivity contribution in [2.24, 2.45) is 5.41 Å². The first-order valence-electron chi connectivity index (χ1n) is 12.3. The van der Waals surface area contributed by atoms with Gasteiger partial charge < -0.3 is 4.90 Å². The van der Waals surface area contributed by atoms with Crippen LogP contribution in [0.15, 0.2) is 84.9 Å². The van der Waals surface area contributed by atoms with Crippen molar-refractivity contribution in [1.82, 2.24) is 0 Å². The van der Waals surface area contributed by atoms with Gasteiger partial charge in [-0.25, -0.2) is 14.6 Å². The number of benzene rings is 3. The maximum atomic E-state index is 14.5. The average Bonchev–Trinajstić information content (AvgIpc) is 3.16. The molecule has 6 nitrogen and oxygen atoms in total. The van der Waals surface area contributed by atoms with Gasteiger partial charge >= 0.3 is 6.03 Å². The van der Waals surface area contributed by atoms with E-state index in [2.05, 4.69) is 11.0 Å². The summed E-state index contributed by atoms with van der Waals surface area (Å²) < 4.78 is 0. The van der Waals surface area contributed by atoms with E-state index in [1.807, 2.05) is 30.3 Å². The van der Waals surface area contributed by atoms with Crippen LogP contribution in [0, 0.1) is 5.41 Å². The van der Waals surface area contributed by atoms with E-state index in [-0.39, 0.29) is 12.5 Å². The number of para-hydroxylation sites is 3. The summed E-state index contributed by atoms with van der Waals surface area (Å²) >= 11 is 0. The zero-order valence-electron chi connectivity index (χ0n) is 19.5. The van der Waals surface area contributed by atoms with Crippen LogP contribution in [0.2, 0.25) is 0 Å². The van der Waals surface area contributed by atoms with E-state index in [0.29, 0.717) is 11.4 Å². The fourth-order valence-electron chi connectivity index (χ4n) is 6.08. The molecule has 2 saturated heterocycles. The van der Waals surface area contributed by atoms with Crippen LogP contribution in [0.5, 0.6) is 0 Å². The minimum Gasteiger partial charge on any atom is -0.367 e. The molecule has 0 N–H and O–H groups in total. The van der Waals surface area contributed by atoms with Gasteiger partial charge in [0.15, 0.2) is 5.41 Å². The summed E-state index contributed by atoms with van der Waals surface area (Å²) in [5.41, 5.74) is 1.64. The molecule has 6 heteroatoms. The zero-order chi connectivity index (χ0) is 24.0. The maximum Gasteiger partial charge on any atom is 0.342 e. The van der Waals surface area contributed by atoms with Crippen LogP contribution >= 0.6 is 0 Å². The van der Waals surface area contributed by atoms with Crippen LogP contribution in [0.25, 0.3) is 0 Å². The second kappa shape index (κ2) is 8.38. The van der Waals surface area contributed by atoms with Gasteiger partial charge in [0.25, 0.3) is 11.8 Å². The molecular formula is C29H27N3O3. The van der Waals surface area contributed by atoms with Crippen LogP contribution < -0.4 is 14.7 Å². The topological polar surface area (TPSA) is 60.9 Å². The molecular weight excluding hydrogens is 438 g/mol. The van der Waals surface area contributed by atoms with Crippen LogP contribution in [-0.2, 0) is 16.0 Å². The lowest BCUT2D eigenvalue weighted by Gasteiger charge is -2.53. The van der Waals surface area contributed by atoms with Gasteiger partial charge in [0.2, 0.25) is 0 Å². The summed E-state index contributed by atoms with van der Waals surface area (Å²) in [6, 6.07) is 25.1. The van der Waals surface area contributed by atoms with Crippen LogP contribution in [0.4, 0.5) is 21.9 Å². The fraction of sp³-hybridized carbons (Fsp3) is 0.276. The highest BCUT2D eigenvalue weighted by Gasteiger charge is 2.64. The Balaban J connectivity index is 1.59. The Labute approximate surface area is 204 Å². The highest BCUT2D eigenvalue weighted by molar-refractivity contribution is 6.39. The van der Waals surface area contributed by atoms with Gasteiger partial charge in [0.05, 0.1) is 17.4 Å². The Bertz CT molecular complexity index is 1230. The molecule has 3 aliphatic heterocycles. The second-order valence-electron chi connectivity index (χ2n) is 9.57. The molecule has 3 aromatic carbocycles. The van der Waals surface area contributed by atoms with E-state index in [0.717, 1.165) is 43.5 Å². The number of carbonyl (C=O) groups excluding carboxylic acids is 3. The van der Waals surface area contributed by atoms with E-state index in [9.17, 15) is 14.4 Å². The van der Waals surface area contributed by atoms with Gasteiger partial charge in [-0.1, -0.05) is 67.4 Å². The number of urea groups is 1. The molecule has 6 rings (SSSR count). The SMILES string of the molecule is O=C1N(c2ccccc2)C(=O)C2(Cc3ccccc3N3CCCCC[C@@H]32)C(=O)N1c1ccccc1. The summed E-state index contributed by atoms with van der Waals surface area (Å²) in [7, 11) is 0. The first kappa shape index (κ1) is 21.6. The van der Waals surface area contributed by atoms with E-state index < -0.39 is 23.3 Å². The largest absolute Gasteiger partial charge is 0.367 e. The monoisotopic (exact) mass is 465 g/mol. The lowest BCUT2D eigenvalue weighted by atomic mass is 9.67. The third-order valence-corrected chi connectivity index (χ3v) is 7.67. The van der Waals surface area contributed by atoms with Crippen molar-refractivity contribution in [3.63, 3.8) is 0 Å². The number of nitrogens with zero attached hydrogens (tertiary/aromatic N) is 3. The molecule has 0 aliphatic carbocycles. The second-order valence-corrected chi connectivity index (χ2v) is 9.57. The molecule has 0 aromatic heterocycles. The minimum atomic E-state index is -1.39. The number of rotatable bonds is 2. The van der Waals surface area contributed by atoms with Crippen LogP contribution in [0.1, 0.15) is 31.2 Å². The fourth-order valence-corrected chi connectivity index (χ4v) is 6.08. The standard InChI is InChI=1S/C29H27N3O3/c33-26-29(20-21-12-9-10-17-24(21)30-19-11-3-8-18-25(29)30)27(34)32(23-15-6-2-7-16-23)28(35)31(26)22-13-4-1-5-14-22/h1-2,4-7,9-10,12-17,25H,3,8,11,18-20H2/t25-/m1/s1. The zero-order valence-corrected chi connectivity index (χ0v) is 19.5. The van der Waals surface area contributed by atoms with Gasteiger partial charge in [-0.2, -0.15) is 0 Å². The van der Waals surface area contributed by atoms with Crippen molar-refractivity contribution >= 4 is 34.9 Å². The van der Waals surface area contributed by atoms with Crippen molar-refractivity contribution in [3.8, 4) is 0 Å². The number of anilines is 3. The lowest BCUT2D eigenvalue weighted by molar-refractivity contribution is -0.143. The summed E-state index contributed by atoms with van der Waals surface area (Å²) in [5, 5.41) is 0. The number of carbonyl (C=O) groups is 3. The number of fused-ring (bicyclic) bond motifs is 4. The Morgan fingerprint density at radius 1 is 0.657 bits per heavy atom. The van der Waals surface area contributed by atoms with Gasteiger partial charge in [0.1, 0.15) is 0 Å². The molecule has 35 heavy (non-hydrogen) atoms. The van der Waals surface area contributed by atoms with Crippen molar-refractivity contribution in [3.05, 3.63) is 90.5 Å². The molecule has 4 amide bonds. The quantitative estimate of drug-likeness (QED) is 0.490. The van der Waals surface area contributed by atoms with Crippen molar-refractivity contribution < 1.29 is 14.4 Å². The van der Waals surface area contributed by atoms with Gasteiger partial charge in [-0.15, -0.1) is 0 Å². The van der Waals surface area contributed by atoms with Gasteiger partial charge in [0, 0.05) is 12.2 Å². The third kappa shape index (κ3) is 3.20. The maximum absolute atomic E-state index is 14.5. The van der Waals surface area contributed by atoms with E-state index in [1.165, 1.54) is 9.80 Å². The summed E-state index contributed by atoms with van der Waals surface area (Å²) in [6.45, 7) is 0.786. The number of amides is 4. The summed E-state index contributed by atoms with van der Waals surface area (Å²) in [5.74, 6) is -0.838.